The fourth-order valence-corrected chi connectivity index (χ4v) is 3.95. The van der Waals surface area contributed by atoms with Gasteiger partial charge in [0.15, 0.2) is 0 Å². The molecule has 112 valence electrons. The largest absolute Gasteiger partial charge is 0.330 e. The van der Waals surface area contributed by atoms with E-state index in [2.05, 4.69) is 38.1 Å². The highest BCUT2D eigenvalue weighted by molar-refractivity contribution is 5.27. The molecule has 0 aliphatic heterocycles. The van der Waals surface area contributed by atoms with Crippen molar-refractivity contribution in [1.29, 1.82) is 0 Å². The van der Waals surface area contributed by atoms with Gasteiger partial charge in [-0.2, -0.15) is 0 Å². The van der Waals surface area contributed by atoms with Crippen molar-refractivity contribution in [3.8, 4) is 0 Å². The second kappa shape index (κ2) is 7.83. The van der Waals surface area contributed by atoms with Gasteiger partial charge in [0.1, 0.15) is 0 Å². The van der Waals surface area contributed by atoms with E-state index in [1.807, 2.05) is 0 Å². The molecular formula is C19H31N. The van der Waals surface area contributed by atoms with E-state index in [9.17, 15) is 0 Å². The predicted molar refractivity (Wildman–Crippen MR) is 88.0 cm³/mol. The zero-order valence-electron chi connectivity index (χ0n) is 13.3. The molecule has 1 saturated carbocycles. The van der Waals surface area contributed by atoms with Crippen molar-refractivity contribution >= 4 is 0 Å². The van der Waals surface area contributed by atoms with Crippen molar-refractivity contribution < 1.29 is 0 Å². The van der Waals surface area contributed by atoms with Gasteiger partial charge >= 0.3 is 0 Å². The standard InChI is InChI=1S/C19H31N/c1-3-6-15-8-5-9-17(12-15)19-13-16(7-4-2)10-11-18(19)14-20/h5,8-9,12,16,18-19H,3-4,6-7,10-11,13-14,20H2,1-2H3. The molecule has 3 atom stereocenters. The fourth-order valence-electron chi connectivity index (χ4n) is 3.95. The summed E-state index contributed by atoms with van der Waals surface area (Å²) in [5.41, 5.74) is 9.09. The first kappa shape index (κ1) is 15.6. The van der Waals surface area contributed by atoms with Crippen LogP contribution in [0.25, 0.3) is 0 Å². The third-order valence-electron chi connectivity index (χ3n) is 5.02. The van der Waals surface area contributed by atoms with Gasteiger partial charge in [-0.1, -0.05) is 63.8 Å². The lowest BCUT2D eigenvalue weighted by Gasteiger charge is -2.36. The van der Waals surface area contributed by atoms with E-state index in [-0.39, 0.29) is 0 Å². The molecule has 1 aliphatic rings. The van der Waals surface area contributed by atoms with Gasteiger partial charge in [0.2, 0.25) is 0 Å². The number of nitrogens with two attached hydrogens (primary N) is 1. The van der Waals surface area contributed by atoms with Crippen LogP contribution in [0.4, 0.5) is 0 Å². The molecule has 1 heteroatoms. The zero-order valence-corrected chi connectivity index (χ0v) is 13.3. The lowest BCUT2D eigenvalue weighted by atomic mass is 9.70. The molecular weight excluding hydrogens is 242 g/mol. The number of aryl methyl sites for hydroxylation is 1. The summed E-state index contributed by atoms with van der Waals surface area (Å²) >= 11 is 0. The van der Waals surface area contributed by atoms with Crippen LogP contribution in [0, 0.1) is 11.8 Å². The molecule has 3 unspecified atom stereocenters. The Balaban J connectivity index is 2.15. The molecule has 0 spiro atoms. The summed E-state index contributed by atoms with van der Waals surface area (Å²) in [5, 5.41) is 0. The molecule has 20 heavy (non-hydrogen) atoms. The predicted octanol–water partition coefficient (Wildman–Crippen LogP) is 4.90. The van der Waals surface area contributed by atoms with E-state index in [0.717, 1.165) is 12.5 Å². The van der Waals surface area contributed by atoms with Crippen LogP contribution in [0.1, 0.15) is 69.4 Å². The Labute approximate surface area is 125 Å². The van der Waals surface area contributed by atoms with Crippen molar-refractivity contribution in [3.05, 3.63) is 35.4 Å². The quantitative estimate of drug-likeness (QED) is 0.784. The van der Waals surface area contributed by atoms with Crippen molar-refractivity contribution in [2.75, 3.05) is 6.54 Å². The molecule has 1 aliphatic carbocycles. The summed E-state index contributed by atoms with van der Waals surface area (Å²) in [4.78, 5) is 0. The van der Waals surface area contributed by atoms with Crippen LogP contribution < -0.4 is 5.73 Å². The normalized spacial score (nSPS) is 26.6. The van der Waals surface area contributed by atoms with Crippen LogP contribution in [0.2, 0.25) is 0 Å². The molecule has 0 bridgehead atoms. The van der Waals surface area contributed by atoms with Crippen LogP contribution >= 0.6 is 0 Å². The van der Waals surface area contributed by atoms with E-state index in [1.54, 1.807) is 5.56 Å². The van der Waals surface area contributed by atoms with Crippen molar-refractivity contribution in [1.82, 2.24) is 0 Å². The van der Waals surface area contributed by atoms with Crippen LogP contribution in [-0.2, 0) is 6.42 Å². The molecule has 0 amide bonds. The topological polar surface area (TPSA) is 26.0 Å². The van der Waals surface area contributed by atoms with Gasteiger partial charge in [0.25, 0.3) is 0 Å². The van der Waals surface area contributed by atoms with Crippen LogP contribution in [0.15, 0.2) is 24.3 Å². The maximum atomic E-state index is 6.05. The van der Waals surface area contributed by atoms with Gasteiger partial charge in [-0.3, -0.25) is 0 Å². The zero-order chi connectivity index (χ0) is 14.4. The number of benzene rings is 1. The number of rotatable bonds is 6. The van der Waals surface area contributed by atoms with Crippen LogP contribution in [0.5, 0.6) is 0 Å². The molecule has 1 nitrogen and oxygen atoms in total. The third-order valence-corrected chi connectivity index (χ3v) is 5.02. The average Bonchev–Trinajstić information content (AvgIpc) is 2.48. The summed E-state index contributed by atoms with van der Waals surface area (Å²) in [7, 11) is 0. The van der Waals surface area contributed by atoms with E-state index < -0.39 is 0 Å². The van der Waals surface area contributed by atoms with Gasteiger partial charge in [-0.25, -0.2) is 0 Å². The first-order chi connectivity index (χ1) is 9.78. The third kappa shape index (κ3) is 3.85. The highest BCUT2D eigenvalue weighted by Gasteiger charge is 2.30. The van der Waals surface area contributed by atoms with Gasteiger partial charge in [-0.15, -0.1) is 0 Å². The van der Waals surface area contributed by atoms with Gasteiger partial charge in [-0.05, 0) is 54.7 Å². The average molecular weight is 273 g/mol. The van der Waals surface area contributed by atoms with Gasteiger partial charge in [0.05, 0.1) is 0 Å². The molecule has 0 saturated heterocycles. The SMILES string of the molecule is CCCc1cccc(C2CC(CCC)CCC2CN)c1. The Morgan fingerprint density at radius 3 is 2.70 bits per heavy atom. The van der Waals surface area contributed by atoms with E-state index in [4.69, 9.17) is 5.73 Å². The second-order valence-corrected chi connectivity index (χ2v) is 6.57. The smallest absolute Gasteiger partial charge is 0.00430 e. The fraction of sp³-hybridized carbons (Fsp3) is 0.684. The summed E-state index contributed by atoms with van der Waals surface area (Å²) in [6.45, 7) is 5.42. The second-order valence-electron chi connectivity index (χ2n) is 6.57. The Bertz CT molecular complexity index is 399. The summed E-state index contributed by atoms with van der Waals surface area (Å²) in [5.74, 6) is 2.31. The minimum Gasteiger partial charge on any atom is -0.330 e. The molecule has 2 N–H and O–H groups in total. The van der Waals surface area contributed by atoms with Crippen molar-refractivity contribution in [2.45, 2.75) is 64.7 Å². The molecule has 2 rings (SSSR count). The van der Waals surface area contributed by atoms with E-state index in [1.165, 1.54) is 50.5 Å². The van der Waals surface area contributed by atoms with Crippen molar-refractivity contribution in [2.24, 2.45) is 17.6 Å². The maximum Gasteiger partial charge on any atom is -0.00430 e. The first-order valence-electron chi connectivity index (χ1n) is 8.57. The minimum absolute atomic E-state index is 0.694. The van der Waals surface area contributed by atoms with Crippen molar-refractivity contribution in [3.63, 3.8) is 0 Å². The van der Waals surface area contributed by atoms with Gasteiger partial charge < -0.3 is 5.73 Å². The van der Waals surface area contributed by atoms with E-state index >= 15 is 0 Å². The van der Waals surface area contributed by atoms with E-state index in [0.29, 0.717) is 11.8 Å². The molecule has 1 fully saturated rings. The maximum absolute atomic E-state index is 6.05. The monoisotopic (exact) mass is 273 g/mol. The summed E-state index contributed by atoms with van der Waals surface area (Å²) < 4.78 is 0. The minimum atomic E-state index is 0.694. The van der Waals surface area contributed by atoms with Crippen LogP contribution in [-0.4, -0.2) is 6.54 Å². The number of hydrogen-bond donors (Lipinski definition) is 1. The Hall–Kier alpha value is -0.820. The summed E-state index contributed by atoms with van der Waals surface area (Å²) in [6, 6.07) is 9.31. The highest BCUT2D eigenvalue weighted by atomic mass is 14.6. The lowest BCUT2D eigenvalue weighted by Crippen LogP contribution is -2.29. The van der Waals surface area contributed by atoms with Crippen LogP contribution in [0.3, 0.4) is 0 Å². The number of hydrogen-bond acceptors (Lipinski definition) is 1. The Kier molecular flexibility index (Phi) is 6.09. The Morgan fingerprint density at radius 1 is 1.15 bits per heavy atom. The molecule has 0 heterocycles. The molecule has 1 aromatic rings. The lowest BCUT2D eigenvalue weighted by molar-refractivity contribution is 0.230. The molecule has 0 aromatic heterocycles. The Morgan fingerprint density at radius 2 is 2.00 bits per heavy atom. The highest BCUT2D eigenvalue weighted by Crippen LogP contribution is 2.41. The van der Waals surface area contributed by atoms with Gasteiger partial charge in [0, 0.05) is 0 Å². The first-order valence-corrected chi connectivity index (χ1v) is 8.57. The molecule has 0 radical (unpaired) electrons. The summed E-state index contributed by atoms with van der Waals surface area (Å²) in [6.07, 6.45) is 9.21. The molecule has 1 aromatic carbocycles.